The smallest absolute Gasteiger partial charge is 0.257 e. The van der Waals surface area contributed by atoms with Gasteiger partial charge in [-0.25, -0.2) is 0 Å². The molecule has 1 fully saturated rings. The molecule has 1 saturated heterocycles. The summed E-state index contributed by atoms with van der Waals surface area (Å²) in [5.41, 5.74) is 5.57. The van der Waals surface area contributed by atoms with Gasteiger partial charge in [-0.1, -0.05) is 6.92 Å². The Bertz CT molecular complexity index is 1080. The van der Waals surface area contributed by atoms with Crippen LogP contribution < -0.4 is 10.1 Å². The molecule has 0 saturated carbocycles. The van der Waals surface area contributed by atoms with E-state index >= 15 is 0 Å². The van der Waals surface area contributed by atoms with Crippen LogP contribution in [0.25, 0.3) is 11.3 Å². The second-order valence-electron chi connectivity index (χ2n) is 8.66. The molecule has 2 aliphatic rings. The number of H-pyrrole nitrogens is 1. The molecule has 1 aliphatic carbocycles. The zero-order valence-electron chi connectivity index (χ0n) is 17.3. The van der Waals surface area contributed by atoms with Crippen molar-refractivity contribution in [2.24, 2.45) is 12.5 Å². The van der Waals surface area contributed by atoms with Crippen LogP contribution in [0.5, 0.6) is 5.75 Å². The monoisotopic (exact) mass is 406 g/mol. The molecule has 2 aromatic heterocycles. The number of fused-ring (bicyclic) bond motifs is 3. The lowest BCUT2D eigenvalue weighted by molar-refractivity contribution is -0.120. The molecular weight excluding hydrogens is 380 g/mol. The van der Waals surface area contributed by atoms with Gasteiger partial charge >= 0.3 is 0 Å². The summed E-state index contributed by atoms with van der Waals surface area (Å²) in [4.78, 5) is 16.3. The van der Waals surface area contributed by atoms with Crippen molar-refractivity contribution in [2.75, 3.05) is 25.1 Å². The third-order valence-corrected chi connectivity index (χ3v) is 5.82. The molecule has 1 aliphatic heterocycles. The van der Waals surface area contributed by atoms with Gasteiger partial charge in [-0.2, -0.15) is 5.10 Å². The van der Waals surface area contributed by atoms with Gasteiger partial charge in [0.25, 0.3) is 5.91 Å². The van der Waals surface area contributed by atoms with Crippen LogP contribution in [-0.2, 0) is 24.6 Å². The van der Waals surface area contributed by atoms with E-state index < -0.39 is 0 Å². The van der Waals surface area contributed by atoms with E-state index in [4.69, 9.17) is 9.47 Å². The van der Waals surface area contributed by atoms with Gasteiger partial charge in [0, 0.05) is 41.8 Å². The predicted molar refractivity (Wildman–Crippen MR) is 114 cm³/mol. The lowest BCUT2D eigenvalue weighted by Gasteiger charge is -2.37. The Labute approximate surface area is 175 Å². The maximum atomic E-state index is 13.1. The fourth-order valence-corrected chi connectivity index (χ4v) is 4.12. The summed E-state index contributed by atoms with van der Waals surface area (Å²) in [6, 6.07) is 7.49. The highest BCUT2D eigenvalue weighted by atomic mass is 16.5. The first-order chi connectivity index (χ1) is 14.5. The molecule has 3 heterocycles. The van der Waals surface area contributed by atoms with Crippen LogP contribution in [0.4, 0.5) is 5.69 Å². The number of carbonyl (C=O) groups excluding carboxylic acids is 1. The minimum absolute atomic E-state index is 0.100. The molecule has 0 spiro atoms. The third-order valence-electron chi connectivity index (χ3n) is 5.82. The maximum absolute atomic E-state index is 13.1. The Morgan fingerprint density at radius 1 is 1.30 bits per heavy atom. The molecule has 5 rings (SSSR count). The highest BCUT2D eigenvalue weighted by molar-refractivity contribution is 6.09. The van der Waals surface area contributed by atoms with Crippen LogP contribution in [0.2, 0.25) is 0 Å². The highest BCUT2D eigenvalue weighted by Crippen LogP contribution is 2.34. The first-order valence-corrected chi connectivity index (χ1v) is 10.4. The fourth-order valence-electron chi connectivity index (χ4n) is 4.12. The standard InChI is InChI=1S/C23H26N4O3/c1-23(12-29-13-23)14-30-17-8-6-16(7-9-17)25-22(28)18-10-24-19-5-3-4-15-11-27(2)26-21(15)20(18)19/h6-11,24H,3-5,12-14H2,1-2H3,(H,25,28). The Balaban J connectivity index is 1.32. The van der Waals surface area contributed by atoms with Crippen LogP contribution >= 0.6 is 0 Å². The van der Waals surface area contributed by atoms with Crippen molar-refractivity contribution in [3.05, 3.63) is 53.5 Å². The van der Waals surface area contributed by atoms with Crippen LogP contribution in [0, 0.1) is 5.41 Å². The lowest BCUT2D eigenvalue weighted by atomic mass is 9.90. The summed E-state index contributed by atoms with van der Waals surface area (Å²) in [7, 11) is 1.92. The van der Waals surface area contributed by atoms with Gasteiger partial charge in [-0.3, -0.25) is 9.48 Å². The molecule has 1 amide bonds. The van der Waals surface area contributed by atoms with E-state index in [-0.39, 0.29) is 11.3 Å². The van der Waals surface area contributed by atoms with Crippen LogP contribution in [0.1, 0.15) is 35.0 Å². The first-order valence-electron chi connectivity index (χ1n) is 10.4. The number of nitrogens with zero attached hydrogens (tertiary/aromatic N) is 2. The van der Waals surface area contributed by atoms with Crippen LogP contribution in [0.3, 0.4) is 0 Å². The highest BCUT2D eigenvalue weighted by Gasteiger charge is 2.34. The summed E-state index contributed by atoms with van der Waals surface area (Å²) in [6.45, 7) is 4.25. The SMILES string of the molecule is Cn1cc2c(n1)-c1c(C(=O)Nc3ccc(OCC4(C)COC4)cc3)c[nH]c1CCC2. The van der Waals surface area contributed by atoms with Crippen molar-refractivity contribution in [1.29, 1.82) is 0 Å². The number of aromatic nitrogens is 3. The molecule has 7 heteroatoms. The largest absolute Gasteiger partial charge is 0.493 e. The number of hydrogen-bond acceptors (Lipinski definition) is 4. The van der Waals surface area contributed by atoms with Gasteiger partial charge in [-0.15, -0.1) is 0 Å². The molecule has 156 valence electrons. The summed E-state index contributed by atoms with van der Waals surface area (Å²) < 4.78 is 12.9. The maximum Gasteiger partial charge on any atom is 0.257 e. The van der Waals surface area contributed by atoms with Crippen molar-refractivity contribution in [3.63, 3.8) is 0 Å². The molecule has 0 unspecified atom stereocenters. The number of ether oxygens (including phenoxy) is 2. The van der Waals surface area contributed by atoms with Gasteiger partial charge in [0.15, 0.2) is 0 Å². The number of hydrogen-bond donors (Lipinski definition) is 2. The van der Waals surface area contributed by atoms with Gasteiger partial charge in [0.05, 0.1) is 31.1 Å². The average Bonchev–Trinajstić information content (AvgIpc) is 3.25. The third kappa shape index (κ3) is 3.50. The summed E-state index contributed by atoms with van der Waals surface area (Å²) in [5, 5.41) is 7.63. The van der Waals surface area contributed by atoms with Gasteiger partial charge < -0.3 is 19.8 Å². The quantitative estimate of drug-likeness (QED) is 0.679. The zero-order valence-corrected chi connectivity index (χ0v) is 17.3. The molecule has 1 aromatic carbocycles. The number of rotatable bonds is 5. The van der Waals surface area contributed by atoms with Crippen molar-refractivity contribution in [1.82, 2.24) is 14.8 Å². The van der Waals surface area contributed by atoms with Gasteiger partial charge in [-0.05, 0) is 49.1 Å². The van der Waals surface area contributed by atoms with E-state index in [2.05, 4.69) is 22.3 Å². The number of anilines is 1. The number of nitrogens with one attached hydrogen (secondary N) is 2. The Morgan fingerprint density at radius 3 is 2.83 bits per heavy atom. The van der Waals surface area contributed by atoms with Crippen LogP contribution in [0.15, 0.2) is 36.7 Å². The number of aryl methyl sites for hydroxylation is 3. The predicted octanol–water partition coefficient (Wildman–Crippen LogP) is 3.57. The van der Waals surface area contributed by atoms with E-state index in [9.17, 15) is 4.79 Å². The number of benzene rings is 1. The Morgan fingerprint density at radius 2 is 2.10 bits per heavy atom. The van der Waals surface area contributed by atoms with Crippen molar-refractivity contribution in [3.8, 4) is 17.0 Å². The van der Waals surface area contributed by atoms with E-state index in [0.29, 0.717) is 12.2 Å². The van der Waals surface area contributed by atoms with E-state index in [1.165, 1.54) is 5.56 Å². The van der Waals surface area contributed by atoms with Crippen molar-refractivity contribution >= 4 is 11.6 Å². The number of aromatic amines is 1. The van der Waals surface area contributed by atoms with Gasteiger partial charge in [0.1, 0.15) is 5.75 Å². The molecule has 3 aromatic rings. The minimum Gasteiger partial charge on any atom is -0.493 e. The zero-order chi connectivity index (χ0) is 20.7. The average molecular weight is 406 g/mol. The number of amides is 1. The summed E-state index contributed by atoms with van der Waals surface area (Å²) >= 11 is 0. The Kier molecular flexibility index (Phi) is 4.62. The van der Waals surface area contributed by atoms with E-state index in [1.54, 1.807) is 6.20 Å². The molecular formula is C23H26N4O3. The summed E-state index contributed by atoms with van der Waals surface area (Å²) in [5.74, 6) is 0.647. The second-order valence-corrected chi connectivity index (χ2v) is 8.66. The second kappa shape index (κ2) is 7.32. The normalized spacial score (nSPS) is 16.7. The first kappa shape index (κ1) is 18.9. The molecule has 7 nitrogen and oxygen atoms in total. The minimum atomic E-state index is -0.140. The Hall–Kier alpha value is -3.06. The molecule has 0 radical (unpaired) electrons. The van der Waals surface area contributed by atoms with Crippen LogP contribution in [-0.4, -0.2) is 40.5 Å². The lowest BCUT2D eigenvalue weighted by Crippen LogP contribution is -2.44. The molecule has 0 bridgehead atoms. The van der Waals surface area contributed by atoms with Gasteiger partial charge in [0.2, 0.25) is 0 Å². The fraction of sp³-hybridized carbons (Fsp3) is 0.391. The van der Waals surface area contributed by atoms with E-state index in [1.807, 2.05) is 42.2 Å². The van der Waals surface area contributed by atoms with Crippen molar-refractivity contribution < 1.29 is 14.3 Å². The topological polar surface area (TPSA) is 81.2 Å². The van der Waals surface area contributed by atoms with E-state index in [0.717, 1.165) is 60.9 Å². The summed E-state index contributed by atoms with van der Waals surface area (Å²) in [6.07, 6.45) is 6.77. The molecule has 30 heavy (non-hydrogen) atoms. The molecule has 0 atom stereocenters. The molecule has 2 N–H and O–H groups in total. The number of carbonyl (C=O) groups is 1. The van der Waals surface area contributed by atoms with Crippen molar-refractivity contribution in [2.45, 2.75) is 26.2 Å².